The van der Waals surface area contributed by atoms with Crippen LogP contribution in [0.3, 0.4) is 0 Å². The predicted octanol–water partition coefficient (Wildman–Crippen LogP) is 2.66. The van der Waals surface area contributed by atoms with Gasteiger partial charge in [-0.05, 0) is 24.6 Å². The fraction of sp³-hybridized carbons (Fsp3) is 0.273. The highest BCUT2D eigenvalue weighted by Crippen LogP contribution is 2.35. The molecule has 0 aliphatic carbocycles. The molecule has 3 rings (SSSR count). The van der Waals surface area contributed by atoms with Crippen LogP contribution < -0.4 is 11.1 Å². The molecule has 1 heterocycles. The van der Waals surface area contributed by atoms with Gasteiger partial charge in [0.05, 0.1) is 0 Å². The summed E-state index contributed by atoms with van der Waals surface area (Å²) < 4.78 is 0. The number of hydrogen-bond acceptors (Lipinski definition) is 4. The van der Waals surface area contributed by atoms with Crippen LogP contribution in [-0.2, 0) is 26.5 Å². The van der Waals surface area contributed by atoms with Crippen molar-refractivity contribution < 1.29 is 19.2 Å². The van der Waals surface area contributed by atoms with E-state index >= 15 is 0 Å². The Labute approximate surface area is 195 Å². The lowest BCUT2D eigenvalue weighted by atomic mass is 9.92. The molecule has 0 bridgehead atoms. The zero-order chi connectivity index (χ0) is 23.5. The average Bonchev–Trinajstić information content (AvgIpc) is 2.95. The maximum absolute atomic E-state index is 13.2. The van der Waals surface area contributed by atoms with Crippen LogP contribution in [-0.4, -0.2) is 46.6 Å². The number of benzene rings is 2. The molecule has 0 unspecified atom stereocenters. The number of amides is 5. The second-order valence-electron chi connectivity index (χ2n) is 7.59. The first-order valence-corrected chi connectivity index (χ1v) is 10.6. The lowest BCUT2D eigenvalue weighted by Crippen LogP contribution is -2.45. The van der Waals surface area contributed by atoms with Crippen molar-refractivity contribution in [3.05, 3.63) is 69.7 Å². The van der Waals surface area contributed by atoms with Gasteiger partial charge in [0.1, 0.15) is 12.1 Å². The lowest BCUT2D eigenvalue weighted by molar-refractivity contribution is -0.139. The minimum Gasteiger partial charge on any atom is -0.370 e. The number of carbonyl (C=O) groups is 4. The van der Waals surface area contributed by atoms with Gasteiger partial charge in [-0.2, -0.15) is 0 Å². The summed E-state index contributed by atoms with van der Waals surface area (Å²) in [4.78, 5) is 52.3. The van der Waals surface area contributed by atoms with Gasteiger partial charge in [0, 0.05) is 35.1 Å². The first kappa shape index (κ1) is 23.6. The number of imide groups is 1. The van der Waals surface area contributed by atoms with Gasteiger partial charge < -0.3 is 16.0 Å². The summed E-state index contributed by atoms with van der Waals surface area (Å²) >= 11 is 12.2. The zero-order valence-corrected chi connectivity index (χ0v) is 18.8. The first-order valence-electron chi connectivity index (χ1n) is 9.81. The molecular weight excluding hydrogens is 455 g/mol. The first-order chi connectivity index (χ1) is 15.1. The third-order valence-corrected chi connectivity index (χ3v) is 5.78. The summed E-state index contributed by atoms with van der Waals surface area (Å²) in [5.41, 5.74) is 4.99. The van der Waals surface area contributed by atoms with Gasteiger partial charge >= 0.3 is 6.03 Å². The summed E-state index contributed by atoms with van der Waals surface area (Å²) in [6.07, 6.45) is -0.0448. The summed E-state index contributed by atoms with van der Waals surface area (Å²) in [6.45, 7) is 1.29. The number of carbonyl (C=O) groups excluding carboxylic acids is 4. The quantitative estimate of drug-likeness (QED) is 0.570. The van der Waals surface area contributed by atoms with Crippen LogP contribution in [0.1, 0.15) is 24.5 Å². The monoisotopic (exact) mass is 476 g/mol. The SMILES string of the molecule is C[C@@]1(c2ccc(Cl)cc2Cl)NC(=O)N(CC(=O)N(CCC(N)=O)Cc2ccccc2)C1=O. The van der Waals surface area contributed by atoms with Crippen molar-refractivity contribution in [3.8, 4) is 0 Å². The Morgan fingerprint density at radius 3 is 2.44 bits per heavy atom. The van der Waals surface area contributed by atoms with Gasteiger partial charge in [-0.15, -0.1) is 0 Å². The van der Waals surface area contributed by atoms with E-state index in [4.69, 9.17) is 28.9 Å². The molecule has 5 amide bonds. The third-order valence-electron chi connectivity index (χ3n) is 5.24. The van der Waals surface area contributed by atoms with Crippen molar-refractivity contribution in [3.63, 3.8) is 0 Å². The predicted molar refractivity (Wildman–Crippen MR) is 120 cm³/mol. The van der Waals surface area contributed by atoms with Gasteiger partial charge in [0.25, 0.3) is 5.91 Å². The molecule has 1 fully saturated rings. The maximum Gasteiger partial charge on any atom is 0.325 e. The Balaban J connectivity index is 1.80. The van der Waals surface area contributed by atoms with Gasteiger partial charge in [-0.3, -0.25) is 19.3 Å². The molecular formula is C22H22Cl2N4O4. The third kappa shape index (κ3) is 5.03. The number of nitrogens with one attached hydrogen (secondary N) is 1. The molecule has 32 heavy (non-hydrogen) atoms. The summed E-state index contributed by atoms with van der Waals surface area (Å²) in [6, 6.07) is 13.0. The van der Waals surface area contributed by atoms with E-state index in [0.717, 1.165) is 10.5 Å². The molecule has 8 nitrogen and oxygen atoms in total. The smallest absolute Gasteiger partial charge is 0.325 e. The second kappa shape index (κ2) is 9.58. The van der Waals surface area contributed by atoms with Crippen molar-refractivity contribution in [2.45, 2.75) is 25.4 Å². The number of halogens is 2. The molecule has 1 atom stereocenters. The topological polar surface area (TPSA) is 113 Å². The van der Waals surface area contributed by atoms with Crippen molar-refractivity contribution in [1.29, 1.82) is 0 Å². The van der Waals surface area contributed by atoms with Gasteiger partial charge in [-0.1, -0.05) is 59.6 Å². The van der Waals surface area contributed by atoms with Gasteiger partial charge in [-0.25, -0.2) is 4.79 Å². The Bertz CT molecular complexity index is 1060. The maximum atomic E-state index is 13.2. The van der Waals surface area contributed by atoms with Crippen molar-refractivity contribution in [1.82, 2.24) is 15.1 Å². The highest BCUT2D eigenvalue weighted by atomic mass is 35.5. The Morgan fingerprint density at radius 2 is 1.81 bits per heavy atom. The summed E-state index contributed by atoms with van der Waals surface area (Å²) in [5.74, 6) is -1.67. The molecule has 0 aromatic heterocycles. The Morgan fingerprint density at radius 1 is 1.12 bits per heavy atom. The normalized spacial score (nSPS) is 17.9. The van der Waals surface area contributed by atoms with E-state index < -0.39 is 35.8 Å². The van der Waals surface area contributed by atoms with Crippen molar-refractivity contribution in [2.24, 2.45) is 5.73 Å². The van der Waals surface area contributed by atoms with Crippen molar-refractivity contribution in [2.75, 3.05) is 13.1 Å². The van der Waals surface area contributed by atoms with E-state index in [1.54, 1.807) is 12.1 Å². The van der Waals surface area contributed by atoms with Crippen LogP contribution in [0.5, 0.6) is 0 Å². The molecule has 1 aliphatic heterocycles. The molecule has 0 spiro atoms. The van der Waals surface area contributed by atoms with E-state index in [-0.39, 0.29) is 24.5 Å². The van der Waals surface area contributed by atoms with E-state index in [2.05, 4.69) is 5.32 Å². The largest absolute Gasteiger partial charge is 0.370 e. The molecule has 0 radical (unpaired) electrons. The molecule has 0 saturated carbocycles. The molecule has 10 heteroatoms. The van der Waals surface area contributed by atoms with E-state index in [1.165, 1.54) is 17.9 Å². The molecule has 168 valence electrons. The second-order valence-corrected chi connectivity index (χ2v) is 8.43. The number of nitrogens with two attached hydrogens (primary N) is 1. The Kier molecular flexibility index (Phi) is 7.06. The average molecular weight is 477 g/mol. The number of nitrogens with zero attached hydrogens (tertiary/aromatic N) is 2. The van der Waals surface area contributed by atoms with Crippen LogP contribution in [0, 0.1) is 0 Å². The van der Waals surface area contributed by atoms with Crippen LogP contribution in [0.2, 0.25) is 10.0 Å². The van der Waals surface area contributed by atoms with Gasteiger partial charge in [0.15, 0.2) is 0 Å². The van der Waals surface area contributed by atoms with E-state index in [0.29, 0.717) is 10.6 Å². The number of primary amides is 1. The minimum absolute atomic E-state index is 0.0448. The van der Waals surface area contributed by atoms with Crippen LogP contribution in [0.15, 0.2) is 48.5 Å². The molecule has 1 aliphatic rings. The number of rotatable bonds is 8. The van der Waals surface area contributed by atoms with Crippen LogP contribution in [0.4, 0.5) is 4.79 Å². The molecule has 2 aromatic rings. The standard InChI is InChI=1S/C22H22Cl2N4O4/c1-22(16-8-7-15(23)11-17(16)24)20(31)28(21(32)26-22)13-19(30)27(10-9-18(25)29)12-14-5-3-2-4-6-14/h2-8,11H,9-10,12-13H2,1H3,(H2,25,29)(H,26,32)/t22-/m0/s1. The van der Waals surface area contributed by atoms with Crippen molar-refractivity contribution >= 4 is 47.0 Å². The Hall–Kier alpha value is -3.10. The lowest BCUT2D eigenvalue weighted by Gasteiger charge is -2.26. The highest BCUT2D eigenvalue weighted by Gasteiger charge is 2.50. The fourth-order valence-corrected chi connectivity index (χ4v) is 4.09. The van der Waals surface area contributed by atoms with Crippen LogP contribution in [0.25, 0.3) is 0 Å². The van der Waals surface area contributed by atoms with E-state index in [1.807, 2.05) is 30.3 Å². The number of urea groups is 1. The highest BCUT2D eigenvalue weighted by molar-refractivity contribution is 6.35. The van der Waals surface area contributed by atoms with Crippen LogP contribution >= 0.6 is 23.2 Å². The minimum atomic E-state index is -1.45. The molecule has 3 N–H and O–H groups in total. The summed E-state index contributed by atoms with van der Waals surface area (Å²) in [7, 11) is 0. The zero-order valence-electron chi connectivity index (χ0n) is 17.3. The molecule has 1 saturated heterocycles. The van der Waals surface area contributed by atoms with E-state index in [9.17, 15) is 19.2 Å². The van der Waals surface area contributed by atoms with Gasteiger partial charge in [0.2, 0.25) is 11.8 Å². The molecule has 2 aromatic carbocycles. The number of hydrogen-bond donors (Lipinski definition) is 2. The summed E-state index contributed by atoms with van der Waals surface area (Å²) in [5, 5.41) is 3.22. The fourth-order valence-electron chi connectivity index (χ4n) is 3.49.